The van der Waals surface area contributed by atoms with Gasteiger partial charge in [-0.15, -0.1) is 11.3 Å². The van der Waals surface area contributed by atoms with Gasteiger partial charge in [0.2, 0.25) is 0 Å². The largest absolute Gasteiger partial charge is 0.396 e. The van der Waals surface area contributed by atoms with Crippen LogP contribution in [0.3, 0.4) is 0 Å². The molecule has 0 spiro atoms. The molecule has 3 rings (SSSR count). The number of anilines is 1. The number of nitrogens with zero attached hydrogens (tertiary/aromatic N) is 1. The summed E-state index contributed by atoms with van der Waals surface area (Å²) in [6.45, 7) is 2.23. The first-order valence-corrected chi connectivity index (χ1v) is 8.42. The monoisotopic (exact) mass is 303 g/mol. The van der Waals surface area contributed by atoms with Crippen molar-refractivity contribution in [1.29, 1.82) is 0 Å². The van der Waals surface area contributed by atoms with Crippen molar-refractivity contribution in [1.82, 2.24) is 10.3 Å². The van der Waals surface area contributed by atoms with Crippen LogP contribution in [0, 0.1) is 5.92 Å². The van der Waals surface area contributed by atoms with Gasteiger partial charge in [-0.05, 0) is 30.9 Å². The molecule has 5 heteroatoms. The fourth-order valence-electron chi connectivity index (χ4n) is 3.06. The van der Waals surface area contributed by atoms with Gasteiger partial charge in [0.05, 0.1) is 10.4 Å². The minimum atomic E-state index is -0.0470. The van der Waals surface area contributed by atoms with Crippen molar-refractivity contribution in [2.45, 2.75) is 45.1 Å². The van der Waals surface area contributed by atoms with E-state index < -0.39 is 0 Å². The van der Waals surface area contributed by atoms with Crippen LogP contribution in [0.2, 0.25) is 0 Å². The maximum atomic E-state index is 12.6. The zero-order valence-electron chi connectivity index (χ0n) is 12.3. The molecule has 1 aliphatic rings. The Bertz CT molecular complexity index is 652. The molecule has 1 aliphatic carbocycles. The molecular weight excluding hydrogens is 282 g/mol. The van der Waals surface area contributed by atoms with Crippen LogP contribution in [0.25, 0.3) is 10.2 Å². The Morgan fingerprint density at radius 3 is 3.00 bits per heavy atom. The molecule has 1 amide bonds. The topological polar surface area (TPSA) is 68.0 Å². The summed E-state index contributed by atoms with van der Waals surface area (Å²) < 4.78 is 0.967. The first-order valence-electron chi connectivity index (χ1n) is 7.60. The lowest BCUT2D eigenvalue weighted by molar-refractivity contribution is 0.0926. The van der Waals surface area contributed by atoms with E-state index in [9.17, 15) is 4.79 Å². The molecular formula is C16H21N3OS. The SMILES string of the molecule is CC1CCCCCC1NC(=O)c1sc2cccnc2c1N. The van der Waals surface area contributed by atoms with Crippen LogP contribution in [0.4, 0.5) is 5.69 Å². The normalized spacial score (nSPS) is 22.9. The third-order valence-electron chi connectivity index (χ3n) is 4.37. The van der Waals surface area contributed by atoms with Gasteiger partial charge in [0.1, 0.15) is 10.4 Å². The van der Waals surface area contributed by atoms with Crippen molar-refractivity contribution in [3.05, 3.63) is 23.2 Å². The number of nitrogens with one attached hydrogen (secondary N) is 1. The molecule has 2 aromatic heterocycles. The Kier molecular flexibility index (Phi) is 4.10. The summed E-state index contributed by atoms with van der Waals surface area (Å²) in [4.78, 5) is 17.4. The Hall–Kier alpha value is -1.62. The molecule has 0 aliphatic heterocycles. The lowest BCUT2D eigenvalue weighted by Gasteiger charge is -2.22. The number of amides is 1. The first kappa shape index (κ1) is 14.3. The molecule has 1 saturated carbocycles. The van der Waals surface area contributed by atoms with Crippen LogP contribution in [0.15, 0.2) is 18.3 Å². The van der Waals surface area contributed by atoms with Crippen LogP contribution in [-0.4, -0.2) is 16.9 Å². The van der Waals surface area contributed by atoms with Crippen molar-refractivity contribution in [2.75, 3.05) is 5.73 Å². The second-order valence-electron chi connectivity index (χ2n) is 5.89. The summed E-state index contributed by atoms with van der Waals surface area (Å²) >= 11 is 1.43. The predicted molar refractivity (Wildman–Crippen MR) is 87.5 cm³/mol. The number of pyridine rings is 1. The summed E-state index contributed by atoms with van der Waals surface area (Å²) in [5.41, 5.74) is 7.34. The average Bonchev–Trinajstić information content (AvgIpc) is 2.69. The summed E-state index contributed by atoms with van der Waals surface area (Å²) in [7, 11) is 0. The summed E-state index contributed by atoms with van der Waals surface area (Å²) in [6, 6.07) is 4.08. The molecule has 1 fully saturated rings. The molecule has 2 unspecified atom stereocenters. The number of nitrogens with two attached hydrogens (primary N) is 1. The third-order valence-corrected chi connectivity index (χ3v) is 5.53. The van der Waals surface area contributed by atoms with Crippen molar-refractivity contribution < 1.29 is 4.79 Å². The van der Waals surface area contributed by atoms with Gasteiger partial charge in [-0.25, -0.2) is 0 Å². The molecule has 21 heavy (non-hydrogen) atoms. The Morgan fingerprint density at radius 1 is 1.38 bits per heavy atom. The number of carbonyl (C=O) groups is 1. The van der Waals surface area contributed by atoms with Crippen molar-refractivity contribution >= 4 is 33.1 Å². The maximum Gasteiger partial charge on any atom is 0.263 e. The Labute approximate surface area is 128 Å². The van der Waals surface area contributed by atoms with E-state index >= 15 is 0 Å². The van der Waals surface area contributed by atoms with Gasteiger partial charge in [-0.2, -0.15) is 0 Å². The quantitative estimate of drug-likeness (QED) is 0.833. The van der Waals surface area contributed by atoms with Crippen molar-refractivity contribution in [2.24, 2.45) is 5.92 Å². The molecule has 0 bridgehead atoms. The van der Waals surface area contributed by atoms with Crippen LogP contribution in [0.5, 0.6) is 0 Å². The van der Waals surface area contributed by atoms with Crippen LogP contribution in [0.1, 0.15) is 48.7 Å². The molecule has 0 aromatic carbocycles. The Balaban J connectivity index is 1.81. The lowest BCUT2D eigenvalue weighted by Crippen LogP contribution is -2.38. The van der Waals surface area contributed by atoms with Crippen LogP contribution < -0.4 is 11.1 Å². The highest BCUT2D eigenvalue weighted by molar-refractivity contribution is 7.21. The number of carbonyl (C=O) groups excluding carboxylic acids is 1. The zero-order chi connectivity index (χ0) is 14.8. The van der Waals surface area contributed by atoms with Gasteiger partial charge in [0, 0.05) is 12.2 Å². The minimum absolute atomic E-state index is 0.0470. The van der Waals surface area contributed by atoms with E-state index in [-0.39, 0.29) is 11.9 Å². The first-order chi connectivity index (χ1) is 10.2. The zero-order valence-corrected chi connectivity index (χ0v) is 13.1. The van der Waals surface area contributed by atoms with Gasteiger partial charge in [-0.3, -0.25) is 9.78 Å². The fourth-order valence-corrected chi connectivity index (χ4v) is 4.04. The molecule has 4 nitrogen and oxygen atoms in total. The number of nitrogen functional groups attached to an aromatic ring is 1. The van der Waals surface area contributed by atoms with Gasteiger partial charge in [-0.1, -0.05) is 26.2 Å². The number of fused-ring (bicyclic) bond motifs is 1. The smallest absolute Gasteiger partial charge is 0.263 e. The second kappa shape index (κ2) is 6.02. The molecule has 0 saturated heterocycles. The van der Waals surface area contributed by atoms with E-state index in [4.69, 9.17) is 5.73 Å². The van der Waals surface area contributed by atoms with Crippen molar-refractivity contribution in [3.8, 4) is 0 Å². The molecule has 2 atom stereocenters. The molecule has 0 radical (unpaired) electrons. The van der Waals surface area contributed by atoms with Crippen LogP contribution in [-0.2, 0) is 0 Å². The number of hydrogen-bond acceptors (Lipinski definition) is 4. The third kappa shape index (κ3) is 2.88. The highest BCUT2D eigenvalue weighted by Gasteiger charge is 2.24. The number of hydrogen-bond donors (Lipinski definition) is 2. The van der Waals surface area contributed by atoms with Gasteiger partial charge >= 0.3 is 0 Å². The predicted octanol–water partition coefficient (Wildman–Crippen LogP) is 3.58. The van der Waals surface area contributed by atoms with E-state index in [1.807, 2.05) is 12.1 Å². The van der Waals surface area contributed by atoms with E-state index in [0.717, 1.165) is 16.6 Å². The van der Waals surface area contributed by atoms with Gasteiger partial charge in [0.15, 0.2) is 0 Å². The average molecular weight is 303 g/mol. The standard InChI is InChI=1S/C16H21N3OS/c1-10-6-3-2-4-7-11(10)19-16(20)15-13(17)14-12(21-15)8-5-9-18-14/h5,8-11H,2-4,6-7,17H2,1H3,(H,19,20). The fraction of sp³-hybridized carbons (Fsp3) is 0.500. The molecule has 112 valence electrons. The molecule has 2 heterocycles. The lowest BCUT2D eigenvalue weighted by atomic mass is 9.97. The number of thiophene rings is 1. The highest BCUT2D eigenvalue weighted by Crippen LogP contribution is 2.32. The van der Waals surface area contributed by atoms with Crippen LogP contribution >= 0.6 is 11.3 Å². The van der Waals surface area contributed by atoms with Crippen molar-refractivity contribution in [3.63, 3.8) is 0 Å². The molecule has 2 aromatic rings. The summed E-state index contributed by atoms with van der Waals surface area (Å²) in [5, 5.41) is 3.19. The summed E-state index contributed by atoms with van der Waals surface area (Å²) in [5.74, 6) is 0.486. The molecule has 3 N–H and O–H groups in total. The van der Waals surface area contributed by atoms with Gasteiger partial charge in [0.25, 0.3) is 5.91 Å². The minimum Gasteiger partial charge on any atom is -0.396 e. The maximum absolute atomic E-state index is 12.6. The van der Waals surface area contributed by atoms with E-state index in [0.29, 0.717) is 16.5 Å². The number of rotatable bonds is 2. The highest BCUT2D eigenvalue weighted by atomic mass is 32.1. The van der Waals surface area contributed by atoms with E-state index in [2.05, 4.69) is 17.2 Å². The van der Waals surface area contributed by atoms with E-state index in [1.165, 1.54) is 37.0 Å². The van der Waals surface area contributed by atoms with Gasteiger partial charge < -0.3 is 11.1 Å². The second-order valence-corrected chi connectivity index (χ2v) is 6.94. The Morgan fingerprint density at radius 2 is 2.19 bits per heavy atom. The summed E-state index contributed by atoms with van der Waals surface area (Å²) in [6.07, 6.45) is 7.69. The van der Waals surface area contributed by atoms with E-state index in [1.54, 1.807) is 6.20 Å². The number of aromatic nitrogens is 1.